The SMILES string of the molecule is CC(CCCN)CC1C(C)C1C. The normalized spacial score (nSPS) is 36.5. The molecule has 3 atom stereocenters. The molecule has 2 N–H and O–H groups in total. The van der Waals surface area contributed by atoms with Crippen LogP contribution in [0.5, 0.6) is 0 Å². The van der Waals surface area contributed by atoms with Gasteiger partial charge in [0.25, 0.3) is 0 Å². The predicted molar refractivity (Wildman–Crippen MR) is 53.9 cm³/mol. The van der Waals surface area contributed by atoms with E-state index in [1.807, 2.05) is 0 Å². The van der Waals surface area contributed by atoms with Crippen molar-refractivity contribution in [2.45, 2.75) is 40.0 Å². The molecule has 0 aromatic heterocycles. The van der Waals surface area contributed by atoms with Crippen molar-refractivity contribution in [3.05, 3.63) is 0 Å². The molecule has 0 radical (unpaired) electrons. The zero-order chi connectivity index (χ0) is 9.14. The van der Waals surface area contributed by atoms with E-state index in [0.29, 0.717) is 0 Å². The molecule has 1 nitrogen and oxygen atoms in total. The van der Waals surface area contributed by atoms with Crippen LogP contribution in [0, 0.1) is 23.7 Å². The summed E-state index contributed by atoms with van der Waals surface area (Å²) in [4.78, 5) is 0. The Bertz CT molecular complexity index is 125. The lowest BCUT2D eigenvalue weighted by Crippen LogP contribution is -2.03. The molecule has 3 unspecified atom stereocenters. The highest BCUT2D eigenvalue weighted by Crippen LogP contribution is 2.49. The van der Waals surface area contributed by atoms with Gasteiger partial charge in [0.2, 0.25) is 0 Å². The number of hydrogen-bond acceptors (Lipinski definition) is 1. The third kappa shape index (κ3) is 2.48. The topological polar surface area (TPSA) is 26.0 Å². The largest absolute Gasteiger partial charge is 0.330 e. The highest BCUT2D eigenvalue weighted by molar-refractivity contribution is 4.91. The summed E-state index contributed by atoms with van der Waals surface area (Å²) in [7, 11) is 0. The molecular weight excluding hydrogens is 146 g/mol. The maximum Gasteiger partial charge on any atom is -0.00772 e. The van der Waals surface area contributed by atoms with Crippen LogP contribution in [0.2, 0.25) is 0 Å². The monoisotopic (exact) mass is 169 g/mol. The van der Waals surface area contributed by atoms with Gasteiger partial charge in [0.15, 0.2) is 0 Å². The first kappa shape index (κ1) is 10.0. The smallest absolute Gasteiger partial charge is 0.00772 e. The zero-order valence-corrected chi connectivity index (χ0v) is 8.72. The first-order valence-electron chi connectivity index (χ1n) is 5.37. The Morgan fingerprint density at radius 3 is 2.25 bits per heavy atom. The fourth-order valence-corrected chi connectivity index (χ4v) is 2.24. The van der Waals surface area contributed by atoms with Crippen molar-refractivity contribution < 1.29 is 0 Å². The molecule has 0 saturated heterocycles. The molecule has 0 aliphatic heterocycles. The van der Waals surface area contributed by atoms with Crippen LogP contribution in [0.3, 0.4) is 0 Å². The van der Waals surface area contributed by atoms with Crippen molar-refractivity contribution >= 4 is 0 Å². The van der Waals surface area contributed by atoms with Crippen molar-refractivity contribution in [2.75, 3.05) is 6.54 Å². The van der Waals surface area contributed by atoms with E-state index >= 15 is 0 Å². The maximum atomic E-state index is 5.48. The van der Waals surface area contributed by atoms with Crippen molar-refractivity contribution in [2.24, 2.45) is 29.4 Å². The molecule has 12 heavy (non-hydrogen) atoms. The molecule has 0 heterocycles. The Labute approximate surface area is 76.7 Å². The summed E-state index contributed by atoms with van der Waals surface area (Å²) in [6, 6.07) is 0. The fraction of sp³-hybridized carbons (Fsp3) is 1.00. The van der Waals surface area contributed by atoms with Gasteiger partial charge in [-0.3, -0.25) is 0 Å². The Morgan fingerprint density at radius 1 is 1.25 bits per heavy atom. The zero-order valence-electron chi connectivity index (χ0n) is 8.72. The Morgan fingerprint density at radius 2 is 1.83 bits per heavy atom. The van der Waals surface area contributed by atoms with Crippen molar-refractivity contribution in [1.29, 1.82) is 0 Å². The van der Waals surface area contributed by atoms with Crippen LogP contribution in [0.25, 0.3) is 0 Å². The van der Waals surface area contributed by atoms with E-state index < -0.39 is 0 Å². The van der Waals surface area contributed by atoms with Gasteiger partial charge >= 0.3 is 0 Å². The summed E-state index contributed by atoms with van der Waals surface area (Å²) in [6.07, 6.45) is 3.96. The molecule has 1 fully saturated rings. The summed E-state index contributed by atoms with van der Waals surface area (Å²) in [5, 5.41) is 0. The van der Waals surface area contributed by atoms with Gasteiger partial charge < -0.3 is 5.73 Å². The second kappa shape index (κ2) is 4.27. The minimum absolute atomic E-state index is 0.861. The average Bonchev–Trinajstić information content (AvgIpc) is 2.59. The first-order chi connectivity index (χ1) is 5.66. The second-order valence-electron chi connectivity index (χ2n) is 4.65. The lowest BCUT2D eigenvalue weighted by Gasteiger charge is -2.09. The van der Waals surface area contributed by atoms with E-state index in [0.717, 1.165) is 30.2 Å². The molecule has 1 rings (SSSR count). The van der Waals surface area contributed by atoms with E-state index in [1.165, 1.54) is 19.3 Å². The molecular formula is C11H23N. The van der Waals surface area contributed by atoms with Crippen molar-refractivity contribution in [1.82, 2.24) is 0 Å². The minimum atomic E-state index is 0.861. The van der Waals surface area contributed by atoms with Gasteiger partial charge in [0, 0.05) is 0 Å². The van der Waals surface area contributed by atoms with E-state index in [-0.39, 0.29) is 0 Å². The van der Waals surface area contributed by atoms with E-state index in [1.54, 1.807) is 0 Å². The van der Waals surface area contributed by atoms with Gasteiger partial charge in [-0.2, -0.15) is 0 Å². The Balaban J connectivity index is 2.07. The molecule has 1 heteroatoms. The quantitative estimate of drug-likeness (QED) is 0.672. The fourth-order valence-electron chi connectivity index (χ4n) is 2.24. The van der Waals surface area contributed by atoms with Crippen LogP contribution >= 0.6 is 0 Å². The minimum Gasteiger partial charge on any atom is -0.330 e. The third-order valence-electron chi connectivity index (χ3n) is 3.61. The molecule has 1 saturated carbocycles. The number of hydrogen-bond donors (Lipinski definition) is 1. The lowest BCUT2D eigenvalue weighted by atomic mass is 9.98. The number of rotatable bonds is 5. The standard InChI is InChI=1S/C11H23N/c1-8(5-4-6-12)7-11-9(2)10(11)3/h8-11H,4-7,12H2,1-3H3. The summed E-state index contributed by atoms with van der Waals surface area (Å²) >= 11 is 0. The maximum absolute atomic E-state index is 5.48. The van der Waals surface area contributed by atoms with Crippen LogP contribution in [0.4, 0.5) is 0 Å². The molecule has 0 aromatic rings. The highest BCUT2D eigenvalue weighted by atomic mass is 14.5. The van der Waals surface area contributed by atoms with Crippen LogP contribution < -0.4 is 5.73 Å². The average molecular weight is 169 g/mol. The summed E-state index contributed by atoms with van der Waals surface area (Å²) in [5.41, 5.74) is 5.48. The first-order valence-corrected chi connectivity index (χ1v) is 5.37. The number of nitrogens with two attached hydrogens (primary N) is 1. The Kier molecular flexibility index (Phi) is 3.57. The molecule has 0 amide bonds. The lowest BCUT2D eigenvalue weighted by molar-refractivity contribution is 0.434. The summed E-state index contributed by atoms with van der Waals surface area (Å²) in [5.74, 6) is 3.90. The molecule has 0 aromatic carbocycles. The van der Waals surface area contributed by atoms with E-state index in [9.17, 15) is 0 Å². The van der Waals surface area contributed by atoms with Gasteiger partial charge in [-0.25, -0.2) is 0 Å². The van der Waals surface area contributed by atoms with Gasteiger partial charge in [0.05, 0.1) is 0 Å². The van der Waals surface area contributed by atoms with Crippen molar-refractivity contribution in [3.63, 3.8) is 0 Å². The summed E-state index contributed by atoms with van der Waals surface area (Å²) < 4.78 is 0. The molecule has 1 aliphatic rings. The molecule has 1 aliphatic carbocycles. The summed E-state index contributed by atoms with van der Waals surface area (Å²) in [6.45, 7) is 7.99. The van der Waals surface area contributed by atoms with Gasteiger partial charge in [-0.1, -0.05) is 20.8 Å². The predicted octanol–water partition coefficient (Wildman–Crippen LogP) is 2.65. The molecule has 72 valence electrons. The van der Waals surface area contributed by atoms with Crippen LogP contribution in [0.15, 0.2) is 0 Å². The van der Waals surface area contributed by atoms with E-state index in [2.05, 4.69) is 20.8 Å². The Hall–Kier alpha value is -0.0400. The van der Waals surface area contributed by atoms with Gasteiger partial charge in [-0.15, -0.1) is 0 Å². The van der Waals surface area contributed by atoms with Crippen molar-refractivity contribution in [3.8, 4) is 0 Å². The highest BCUT2D eigenvalue weighted by Gasteiger charge is 2.42. The van der Waals surface area contributed by atoms with Crippen LogP contribution in [-0.4, -0.2) is 6.54 Å². The van der Waals surface area contributed by atoms with Gasteiger partial charge in [-0.05, 0) is 49.5 Å². The van der Waals surface area contributed by atoms with Crippen LogP contribution in [0.1, 0.15) is 40.0 Å². The third-order valence-corrected chi connectivity index (χ3v) is 3.61. The molecule has 0 bridgehead atoms. The van der Waals surface area contributed by atoms with Gasteiger partial charge in [0.1, 0.15) is 0 Å². The van der Waals surface area contributed by atoms with Crippen LogP contribution in [-0.2, 0) is 0 Å². The second-order valence-corrected chi connectivity index (χ2v) is 4.65. The molecule has 0 spiro atoms. The van der Waals surface area contributed by atoms with E-state index in [4.69, 9.17) is 5.73 Å².